The number of amides is 6. The van der Waals surface area contributed by atoms with Crippen LogP contribution in [0.4, 0.5) is 27.8 Å². The number of anilines is 4. The zero-order chi connectivity index (χ0) is 44.8. The molecule has 0 radical (unpaired) electrons. The van der Waals surface area contributed by atoms with Gasteiger partial charge in [-0.3, -0.25) is 24.0 Å². The van der Waals surface area contributed by atoms with Gasteiger partial charge in [0.1, 0.15) is 28.7 Å². The third-order valence-electron chi connectivity index (χ3n) is 8.80. The van der Waals surface area contributed by atoms with E-state index in [4.69, 9.17) is 9.47 Å². The first kappa shape index (κ1) is 44.5. The second-order valence-corrected chi connectivity index (χ2v) is 14.9. The number of hydrogen-bond donors (Lipinski definition) is 6. The fourth-order valence-electron chi connectivity index (χ4n) is 5.98. The van der Waals surface area contributed by atoms with Gasteiger partial charge in [0, 0.05) is 72.8 Å². The molecule has 0 aliphatic carbocycles. The summed E-state index contributed by atoms with van der Waals surface area (Å²) in [7, 11) is 8.12. The highest BCUT2D eigenvalue weighted by Gasteiger charge is 2.27. The number of esters is 1. The fraction of sp³-hybridized carbons (Fsp3) is 0.359. The topological polar surface area (TPSA) is 261 Å². The molecular weight excluding hydrogens is 795 g/mol. The van der Waals surface area contributed by atoms with E-state index in [0.29, 0.717) is 11.4 Å². The minimum absolute atomic E-state index is 0.0359. The Morgan fingerprint density at radius 3 is 1.82 bits per heavy atom. The zero-order valence-electron chi connectivity index (χ0n) is 35.2. The van der Waals surface area contributed by atoms with Crippen molar-refractivity contribution in [2.45, 2.75) is 45.8 Å². The van der Waals surface area contributed by atoms with Gasteiger partial charge in [0.25, 0.3) is 23.6 Å². The summed E-state index contributed by atoms with van der Waals surface area (Å²) in [4.78, 5) is 99.0. The van der Waals surface area contributed by atoms with Crippen molar-refractivity contribution >= 4 is 64.6 Å². The number of alkyl carbamates (subject to hydrolysis) is 1. The quantitative estimate of drug-likeness (QED) is 0.0835. The molecule has 6 N–H and O–H groups in total. The zero-order valence-corrected chi connectivity index (χ0v) is 35.2. The minimum atomic E-state index is -1.20. The van der Waals surface area contributed by atoms with E-state index in [0.717, 1.165) is 0 Å². The second-order valence-electron chi connectivity index (χ2n) is 14.9. The Labute approximate surface area is 350 Å². The number of aryl methyl sites for hydroxylation is 5. The molecular formula is C39H49N13O9. The Morgan fingerprint density at radius 2 is 1.23 bits per heavy atom. The maximum atomic E-state index is 13.3. The van der Waals surface area contributed by atoms with Gasteiger partial charge in [-0.1, -0.05) is 0 Å². The lowest BCUT2D eigenvalue weighted by molar-refractivity contribution is -0.118. The number of carbonyl (C=O) groups is 7. The number of aromatic nitrogens is 7. The fourth-order valence-corrected chi connectivity index (χ4v) is 5.98. The van der Waals surface area contributed by atoms with E-state index in [9.17, 15) is 33.6 Å². The summed E-state index contributed by atoms with van der Waals surface area (Å²) >= 11 is 0. The number of rotatable bonds is 15. The molecule has 0 bridgehead atoms. The number of carbonyl (C=O) groups excluding carboxylic acids is 7. The molecule has 5 heterocycles. The molecule has 0 unspecified atom stereocenters. The van der Waals surface area contributed by atoms with Crippen LogP contribution < -0.4 is 31.9 Å². The van der Waals surface area contributed by atoms with Crippen LogP contribution in [0, 0.1) is 0 Å². The molecule has 0 aromatic carbocycles. The maximum absolute atomic E-state index is 13.3. The Bertz CT molecular complexity index is 2480. The third kappa shape index (κ3) is 11.3. The van der Waals surface area contributed by atoms with Crippen molar-refractivity contribution < 1.29 is 43.0 Å². The van der Waals surface area contributed by atoms with Gasteiger partial charge >= 0.3 is 12.1 Å². The first-order valence-corrected chi connectivity index (χ1v) is 18.9. The average molecular weight is 844 g/mol. The summed E-state index contributed by atoms with van der Waals surface area (Å²) in [6, 6.07) is 5.17. The van der Waals surface area contributed by atoms with Crippen LogP contribution in [-0.4, -0.2) is 99.2 Å². The Balaban J connectivity index is 1.18. The molecule has 5 rings (SSSR count). The first-order valence-electron chi connectivity index (χ1n) is 18.9. The molecule has 5 aromatic rings. The van der Waals surface area contributed by atoms with Crippen molar-refractivity contribution in [1.82, 2.24) is 43.4 Å². The van der Waals surface area contributed by atoms with Crippen molar-refractivity contribution in [3.05, 3.63) is 84.0 Å². The van der Waals surface area contributed by atoms with Gasteiger partial charge in [-0.15, -0.1) is 0 Å². The first-order chi connectivity index (χ1) is 28.7. The predicted octanol–water partition coefficient (Wildman–Crippen LogP) is 2.75. The predicted molar refractivity (Wildman–Crippen MR) is 221 cm³/mol. The lowest BCUT2D eigenvalue weighted by atomic mass is 10.2. The molecule has 22 heteroatoms. The van der Waals surface area contributed by atoms with E-state index in [-0.39, 0.29) is 65.8 Å². The van der Waals surface area contributed by atoms with Crippen LogP contribution in [0.2, 0.25) is 0 Å². The number of ether oxygens (including phenoxy) is 2. The summed E-state index contributed by atoms with van der Waals surface area (Å²) in [6.07, 6.45) is 6.78. The number of hydrogen-bond acceptors (Lipinski definition) is 11. The summed E-state index contributed by atoms with van der Waals surface area (Å²) < 4.78 is 17.8. The van der Waals surface area contributed by atoms with Gasteiger partial charge in [-0.05, 0) is 58.4 Å². The van der Waals surface area contributed by atoms with Crippen LogP contribution in [0.3, 0.4) is 0 Å². The van der Waals surface area contributed by atoms with Gasteiger partial charge in [0.15, 0.2) is 11.6 Å². The van der Waals surface area contributed by atoms with Crippen molar-refractivity contribution in [1.29, 1.82) is 0 Å². The van der Waals surface area contributed by atoms with Gasteiger partial charge in [0.2, 0.25) is 17.6 Å². The van der Waals surface area contributed by atoms with E-state index in [1.54, 1.807) is 96.6 Å². The Hall–Kier alpha value is -7.65. The smallest absolute Gasteiger partial charge is 0.408 e. The highest BCUT2D eigenvalue weighted by molar-refractivity contribution is 6.07. The Morgan fingerprint density at radius 1 is 0.672 bits per heavy atom. The van der Waals surface area contributed by atoms with E-state index in [1.807, 2.05) is 0 Å². The third-order valence-corrected chi connectivity index (χ3v) is 8.80. The molecule has 61 heavy (non-hydrogen) atoms. The molecule has 5 aromatic heterocycles. The highest BCUT2D eigenvalue weighted by Crippen LogP contribution is 2.19. The molecule has 0 aliphatic heterocycles. The largest absolute Gasteiger partial charge is 0.460 e. The second kappa shape index (κ2) is 18.5. The molecule has 6 amide bonds. The Kier molecular flexibility index (Phi) is 13.5. The molecule has 324 valence electrons. The summed E-state index contributed by atoms with van der Waals surface area (Å²) in [6.45, 7) is 6.69. The van der Waals surface area contributed by atoms with Crippen LogP contribution in [0.25, 0.3) is 0 Å². The normalized spacial score (nSPS) is 11.6. The molecule has 0 spiro atoms. The SMILES string of the molecule is CCOC(=O)c1nc(NC(=O)[C@@H](CCNC(=O)c2cc(NC(=O)c3nc(NC(=O)c4cc(NC(=O)c5cccn5C)cn4C)cn3C)cn2C)NC(=O)OC(C)(C)C)cn1C. The lowest BCUT2D eigenvalue weighted by Gasteiger charge is -2.23. The number of nitrogens with one attached hydrogen (secondary N) is 6. The molecule has 0 saturated heterocycles. The van der Waals surface area contributed by atoms with Crippen LogP contribution in [0.1, 0.15) is 86.8 Å². The van der Waals surface area contributed by atoms with E-state index in [2.05, 4.69) is 41.9 Å². The summed E-state index contributed by atoms with van der Waals surface area (Å²) in [5.74, 6) is -3.37. The van der Waals surface area contributed by atoms with E-state index < -0.39 is 47.3 Å². The van der Waals surface area contributed by atoms with Crippen molar-refractivity contribution in [3.8, 4) is 0 Å². The van der Waals surface area contributed by atoms with E-state index in [1.165, 1.54) is 44.4 Å². The van der Waals surface area contributed by atoms with Crippen LogP contribution in [-0.2, 0) is 49.5 Å². The van der Waals surface area contributed by atoms with Crippen molar-refractivity contribution in [2.75, 3.05) is 34.4 Å². The maximum Gasteiger partial charge on any atom is 0.408 e. The standard InChI is InChI=1S/C39H49N13O9/c1-10-60-37(58)31-45-29(21-52(31)9)46-32(53)24(43-38(59)61-39(2,3)4)13-14-40-33(54)26-16-23(19-49(26)6)42-36(57)30-44-28(20-51(30)8)47-35(56)27-17-22(18-50(27)7)41-34(55)25-12-11-15-48(25)5/h11-12,15-21,24H,10,13-14H2,1-9H3,(H,40,54)(H,41,55)(H,42,57)(H,43,59)(H,46,53)(H,47,56)/t24-/m1/s1. The van der Waals surface area contributed by atoms with Crippen molar-refractivity contribution in [2.24, 2.45) is 35.2 Å². The van der Waals surface area contributed by atoms with Crippen LogP contribution >= 0.6 is 0 Å². The van der Waals surface area contributed by atoms with Gasteiger partial charge in [-0.25, -0.2) is 19.6 Å². The highest BCUT2D eigenvalue weighted by atomic mass is 16.6. The van der Waals surface area contributed by atoms with Crippen LogP contribution in [0.15, 0.2) is 55.2 Å². The molecule has 22 nitrogen and oxygen atoms in total. The van der Waals surface area contributed by atoms with Crippen LogP contribution in [0.5, 0.6) is 0 Å². The molecule has 0 saturated carbocycles. The van der Waals surface area contributed by atoms with Gasteiger partial charge < -0.3 is 64.2 Å². The number of imidazole rings is 2. The lowest BCUT2D eigenvalue weighted by Crippen LogP contribution is -2.47. The average Bonchev–Trinajstić information content (AvgIpc) is 3.99. The van der Waals surface area contributed by atoms with Gasteiger partial charge in [0.05, 0.1) is 18.0 Å². The molecule has 0 fully saturated rings. The van der Waals surface area contributed by atoms with Gasteiger partial charge in [-0.2, -0.15) is 0 Å². The molecule has 0 aliphatic rings. The number of nitrogens with zero attached hydrogens (tertiary/aromatic N) is 7. The van der Waals surface area contributed by atoms with Crippen molar-refractivity contribution in [3.63, 3.8) is 0 Å². The summed E-state index contributed by atoms with van der Waals surface area (Å²) in [5.41, 5.74) is 0.642. The monoisotopic (exact) mass is 843 g/mol. The molecule has 1 atom stereocenters. The van der Waals surface area contributed by atoms with E-state index >= 15 is 0 Å². The minimum Gasteiger partial charge on any atom is -0.460 e. The summed E-state index contributed by atoms with van der Waals surface area (Å²) in [5, 5.41) is 15.9.